The first-order valence-electron chi connectivity index (χ1n) is 12.4. The van der Waals surface area contributed by atoms with Crippen molar-refractivity contribution in [3.05, 3.63) is 46.0 Å². The molecule has 1 N–H and O–H groups in total. The molecule has 6 rings (SSSR count). The van der Waals surface area contributed by atoms with Crippen molar-refractivity contribution in [3.63, 3.8) is 0 Å². The predicted octanol–water partition coefficient (Wildman–Crippen LogP) is 7.25. The molecule has 0 spiro atoms. The summed E-state index contributed by atoms with van der Waals surface area (Å²) in [6.45, 7) is 9.08. The molecule has 0 radical (unpaired) electrons. The van der Waals surface area contributed by atoms with E-state index in [4.69, 9.17) is 4.98 Å². The van der Waals surface area contributed by atoms with Crippen LogP contribution in [0.4, 0.5) is 10.8 Å². The number of nitrogens with zero attached hydrogens (tertiary/aromatic N) is 1. The summed E-state index contributed by atoms with van der Waals surface area (Å²) >= 11 is 1.83. The minimum Gasteiger partial charge on any atom is -0.331 e. The lowest BCUT2D eigenvalue weighted by molar-refractivity contribution is -0.131. The molecule has 5 atom stereocenters. The fraction of sp³-hybridized carbons (Fsp3) is 0.571. The van der Waals surface area contributed by atoms with Gasteiger partial charge in [-0.05, 0) is 92.7 Å². The second-order valence-corrected chi connectivity index (χ2v) is 12.4. The van der Waals surface area contributed by atoms with Gasteiger partial charge < -0.3 is 5.32 Å². The maximum atomic E-state index is 12.7. The molecule has 4 aliphatic carbocycles. The highest BCUT2D eigenvalue weighted by molar-refractivity contribution is 7.15. The molecule has 1 aromatic heterocycles. The average molecular weight is 447 g/mol. The molecule has 168 valence electrons. The van der Waals surface area contributed by atoms with Crippen LogP contribution in [0.25, 0.3) is 5.57 Å². The number of aromatic nitrogens is 1. The summed E-state index contributed by atoms with van der Waals surface area (Å²) in [4.78, 5) is 19.3. The predicted molar refractivity (Wildman–Crippen MR) is 132 cm³/mol. The number of hydrogen-bond donors (Lipinski definition) is 1. The van der Waals surface area contributed by atoms with Crippen LogP contribution < -0.4 is 5.32 Å². The zero-order valence-electron chi connectivity index (χ0n) is 19.8. The van der Waals surface area contributed by atoms with Crippen LogP contribution >= 0.6 is 11.3 Å². The quantitative estimate of drug-likeness (QED) is 0.528. The van der Waals surface area contributed by atoms with E-state index in [1.54, 1.807) is 0 Å². The topological polar surface area (TPSA) is 42.0 Å². The highest BCUT2D eigenvalue weighted by Crippen LogP contribution is 2.65. The Morgan fingerprint density at radius 3 is 2.69 bits per heavy atom. The molecule has 1 heterocycles. The zero-order chi connectivity index (χ0) is 22.3. The van der Waals surface area contributed by atoms with Gasteiger partial charge in [-0.1, -0.05) is 37.6 Å². The summed E-state index contributed by atoms with van der Waals surface area (Å²) in [6.07, 6.45) is 10.2. The number of aryl methyl sites for hydroxylation is 3. The molecule has 0 bridgehead atoms. The largest absolute Gasteiger partial charge is 0.331 e. The van der Waals surface area contributed by atoms with E-state index < -0.39 is 0 Å². The van der Waals surface area contributed by atoms with Crippen LogP contribution in [-0.4, -0.2) is 10.8 Å². The molecule has 3 nitrogen and oxygen atoms in total. The number of ketones is 1. The molecular formula is C28H34N2OS. The number of anilines is 2. The first-order chi connectivity index (χ1) is 15.3. The van der Waals surface area contributed by atoms with Gasteiger partial charge >= 0.3 is 0 Å². The Kier molecular flexibility index (Phi) is 4.54. The molecule has 4 aliphatic rings. The highest BCUT2D eigenvalue weighted by Gasteiger charge is 2.58. The number of hydrogen-bond acceptors (Lipinski definition) is 4. The summed E-state index contributed by atoms with van der Waals surface area (Å²) in [5.41, 5.74) is 6.61. The van der Waals surface area contributed by atoms with E-state index >= 15 is 0 Å². The van der Waals surface area contributed by atoms with E-state index in [9.17, 15) is 4.79 Å². The standard InChI is InChI=1S/C28H34N2OS/c1-16-5-9-22(17(2)15-16)29-26-30-25-21-7-6-18-19-8-10-24(31)28(19,4)13-11-20(18)27(21,3)14-12-23(25)32-26/h5,7,9,15,18-20H,6,8,10-14H2,1-4H3,(H,29,30)/t18-,19-,20-,27+,28-/m0/s1. The Hall–Kier alpha value is -1.94. The van der Waals surface area contributed by atoms with Crippen molar-refractivity contribution in [1.82, 2.24) is 4.98 Å². The minimum absolute atomic E-state index is 0.0493. The van der Waals surface area contributed by atoms with Gasteiger partial charge in [-0.25, -0.2) is 4.98 Å². The SMILES string of the molecule is Cc1ccc(Nc2nc3c(s2)CC[C@@]2(C)C3=CC[C@@H]3[C@@H]2CC[C@]2(C)C(=O)CC[C@@H]32)c(C)c1. The van der Waals surface area contributed by atoms with Gasteiger partial charge in [-0.3, -0.25) is 4.79 Å². The Bertz CT molecular complexity index is 1150. The van der Waals surface area contributed by atoms with Crippen LogP contribution in [0.3, 0.4) is 0 Å². The summed E-state index contributed by atoms with van der Waals surface area (Å²) < 4.78 is 0. The van der Waals surface area contributed by atoms with Crippen LogP contribution in [0, 0.1) is 42.4 Å². The number of Topliss-reactive ketones (excluding diaryl/α,β-unsaturated/α-hetero) is 1. The zero-order valence-corrected chi connectivity index (χ0v) is 20.6. The van der Waals surface area contributed by atoms with Crippen molar-refractivity contribution in [2.75, 3.05) is 5.32 Å². The molecule has 2 fully saturated rings. The lowest BCUT2D eigenvalue weighted by atomic mass is 9.48. The third-order valence-electron chi connectivity index (χ3n) is 9.62. The van der Waals surface area contributed by atoms with E-state index in [1.807, 2.05) is 11.3 Å². The number of carbonyl (C=O) groups excluding carboxylic acids is 1. The fourth-order valence-electron chi connectivity index (χ4n) is 7.78. The Labute approximate surface area is 195 Å². The molecule has 0 saturated heterocycles. The third kappa shape index (κ3) is 2.84. The molecule has 0 unspecified atom stereocenters. The number of carbonyl (C=O) groups is 1. The molecule has 0 aliphatic heterocycles. The van der Waals surface area contributed by atoms with Gasteiger partial charge in [0, 0.05) is 22.4 Å². The smallest absolute Gasteiger partial charge is 0.187 e. The Morgan fingerprint density at radius 2 is 1.88 bits per heavy atom. The van der Waals surface area contributed by atoms with E-state index in [0.29, 0.717) is 23.5 Å². The van der Waals surface area contributed by atoms with Crippen molar-refractivity contribution in [3.8, 4) is 0 Å². The van der Waals surface area contributed by atoms with Crippen LogP contribution in [0.1, 0.15) is 74.1 Å². The first kappa shape index (κ1) is 20.7. The monoisotopic (exact) mass is 446 g/mol. The second-order valence-electron chi connectivity index (χ2n) is 11.3. The number of nitrogens with one attached hydrogen (secondary N) is 1. The molecule has 32 heavy (non-hydrogen) atoms. The number of fused-ring (bicyclic) bond motifs is 7. The molecule has 4 heteroatoms. The van der Waals surface area contributed by atoms with Gasteiger partial charge in [-0.15, -0.1) is 11.3 Å². The van der Waals surface area contributed by atoms with Gasteiger partial charge in [0.15, 0.2) is 5.13 Å². The molecular weight excluding hydrogens is 412 g/mol. The van der Waals surface area contributed by atoms with Crippen molar-refractivity contribution >= 4 is 33.5 Å². The van der Waals surface area contributed by atoms with E-state index in [0.717, 1.165) is 42.9 Å². The Morgan fingerprint density at radius 1 is 1.06 bits per heavy atom. The van der Waals surface area contributed by atoms with Crippen LogP contribution in [0.2, 0.25) is 0 Å². The van der Waals surface area contributed by atoms with E-state index in [-0.39, 0.29) is 10.8 Å². The first-order valence-corrected chi connectivity index (χ1v) is 13.2. The third-order valence-corrected chi connectivity index (χ3v) is 10.7. The van der Waals surface area contributed by atoms with Gasteiger partial charge in [0.25, 0.3) is 0 Å². The molecule has 0 amide bonds. The molecule has 2 aromatic rings. The molecule has 2 saturated carbocycles. The van der Waals surface area contributed by atoms with Crippen molar-refractivity contribution in [1.29, 1.82) is 0 Å². The van der Waals surface area contributed by atoms with Gasteiger partial charge in [0.1, 0.15) is 5.78 Å². The summed E-state index contributed by atoms with van der Waals surface area (Å²) in [5.74, 6) is 2.48. The van der Waals surface area contributed by atoms with Crippen LogP contribution in [-0.2, 0) is 11.2 Å². The minimum atomic E-state index is -0.0493. The highest BCUT2D eigenvalue weighted by atomic mass is 32.1. The van der Waals surface area contributed by atoms with Crippen molar-refractivity contribution in [2.45, 2.75) is 72.6 Å². The second kappa shape index (κ2) is 7.03. The number of thiazole rings is 1. The summed E-state index contributed by atoms with van der Waals surface area (Å²) in [7, 11) is 0. The number of benzene rings is 1. The average Bonchev–Trinajstić information content (AvgIpc) is 3.30. The normalized spacial score (nSPS) is 35.4. The van der Waals surface area contributed by atoms with Gasteiger partial charge in [0.2, 0.25) is 0 Å². The summed E-state index contributed by atoms with van der Waals surface area (Å²) in [6, 6.07) is 6.55. The van der Waals surface area contributed by atoms with E-state index in [1.165, 1.54) is 40.1 Å². The maximum Gasteiger partial charge on any atom is 0.187 e. The number of rotatable bonds is 2. The van der Waals surface area contributed by atoms with Crippen LogP contribution in [0.15, 0.2) is 24.3 Å². The van der Waals surface area contributed by atoms with Crippen molar-refractivity contribution in [2.24, 2.45) is 28.6 Å². The van der Waals surface area contributed by atoms with E-state index in [2.05, 4.69) is 57.3 Å². The molecule has 1 aromatic carbocycles. The number of allylic oxidation sites excluding steroid dienone is 2. The fourth-order valence-corrected chi connectivity index (χ4v) is 8.77. The maximum absolute atomic E-state index is 12.7. The Balaban J connectivity index is 1.33. The van der Waals surface area contributed by atoms with Crippen molar-refractivity contribution < 1.29 is 4.79 Å². The summed E-state index contributed by atoms with van der Waals surface area (Å²) in [5, 5.41) is 4.62. The van der Waals surface area contributed by atoms with Crippen LogP contribution in [0.5, 0.6) is 0 Å². The van der Waals surface area contributed by atoms with Gasteiger partial charge in [-0.2, -0.15) is 0 Å². The lowest BCUT2D eigenvalue weighted by Gasteiger charge is -2.55. The lowest BCUT2D eigenvalue weighted by Crippen LogP contribution is -2.49. The van der Waals surface area contributed by atoms with Gasteiger partial charge in [0.05, 0.1) is 5.69 Å².